The predicted molar refractivity (Wildman–Crippen MR) is 77.5 cm³/mol. The first-order valence-electron chi connectivity index (χ1n) is 6.63. The lowest BCUT2D eigenvalue weighted by atomic mass is 10.1. The molecule has 0 heterocycles. The van der Waals surface area contributed by atoms with Gasteiger partial charge in [-0.2, -0.15) is 0 Å². The zero-order valence-electron chi connectivity index (χ0n) is 12.1. The molecule has 1 fully saturated rings. The van der Waals surface area contributed by atoms with E-state index < -0.39 is 0 Å². The van der Waals surface area contributed by atoms with E-state index in [1.54, 1.807) is 0 Å². The summed E-state index contributed by atoms with van der Waals surface area (Å²) in [4.78, 5) is 13.9. The van der Waals surface area contributed by atoms with Crippen molar-refractivity contribution in [2.45, 2.75) is 20.3 Å². The van der Waals surface area contributed by atoms with Gasteiger partial charge in [0.1, 0.15) is 0 Å². The van der Waals surface area contributed by atoms with E-state index in [4.69, 9.17) is 10.5 Å². The molecule has 4 nitrogen and oxygen atoms in total. The van der Waals surface area contributed by atoms with Gasteiger partial charge < -0.3 is 15.4 Å². The molecule has 0 aliphatic heterocycles. The Balaban J connectivity index is 2.25. The molecule has 1 aromatic rings. The van der Waals surface area contributed by atoms with Gasteiger partial charge in [-0.05, 0) is 42.9 Å². The van der Waals surface area contributed by atoms with Gasteiger partial charge >= 0.3 is 5.97 Å². The summed E-state index contributed by atoms with van der Waals surface area (Å²) >= 11 is 0. The van der Waals surface area contributed by atoms with Crippen molar-refractivity contribution in [1.29, 1.82) is 0 Å². The number of hydrogen-bond acceptors (Lipinski definition) is 4. The number of benzene rings is 1. The highest BCUT2D eigenvalue weighted by molar-refractivity contribution is 5.97. The van der Waals surface area contributed by atoms with Crippen LogP contribution in [-0.4, -0.2) is 26.7 Å². The molecule has 4 heteroatoms. The molecule has 2 unspecified atom stereocenters. The molecule has 0 saturated heterocycles. The number of esters is 1. The Morgan fingerprint density at radius 3 is 2.68 bits per heavy atom. The smallest absolute Gasteiger partial charge is 0.340 e. The van der Waals surface area contributed by atoms with E-state index in [9.17, 15) is 4.79 Å². The number of carbonyl (C=O) groups is 1. The Morgan fingerprint density at radius 2 is 2.16 bits per heavy atom. The number of hydrogen-bond donors (Lipinski definition) is 1. The van der Waals surface area contributed by atoms with E-state index in [0.717, 1.165) is 29.6 Å². The van der Waals surface area contributed by atoms with E-state index in [2.05, 4.69) is 18.9 Å². The van der Waals surface area contributed by atoms with Gasteiger partial charge in [-0.3, -0.25) is 0 Å². The summed E-state index contributed by atoms with van der Waals surface area (Å²) in [7, 11) is 3.43. The zero-order valence-corrected chi connectivity index (χ0v) is 12.1. The van der Waals surface area contributed by atoms with Gasteiger partial charge in [0.2, 0.25) is 0 Å². The summed E-state index contributed by atoms with van der Waals surface area (Å²) in [6, 6.07) is 3.84. The predicted octanol–water partition coefficient (Wildman–Crippen LogP) is 2.46. The Hall–Kier alpha value is -1.71. The first kappa shape index (κ1) is 13.7. The maximum Gasteiger partial charge on any atom is 0.340 e. The van der Waals surface area contributed by atoms with Gasteiger partial charge in [-0.25, -0.2) is 4.79 Å². The summed E-state index contributed by atoms with van der Waals surface area (Å²) in [6.07, 6.45) is 1.29. The van der Waals surface area contributed by atoms with E-state index in [-0.39, 0.29) is 5.97 Å². The fraction of sp³-hybridized carbons (Fsp3) is 0.533. The molecule has 0 amide bonds. The SMILES string of the molecule is COC(=O)c1cc(N(C)CC2CC2C)cc(C)c1N. The second-order valence-corrected chi connectivity index (χ2v) is 5.57. The number of carbonyl (C=O) groups excluding carboxylic acids is 1. The maximum atomic E-state index is 11.7. The summed E-state index contributed by atoms with van der Waals surface area (Å²) in [5.74, 6) is 1.21. The standard InChI is InChI=1S/C15H22N2O2/c1-9-5-11(9)8-17(3)12-6-10(2)14(16)13(7-12)15(18)19-4/h6-7,9,11H,5,8,16H2,1-4H3. The van der Waals surface area contributed by atoms with Crippen LogP contribution in [0.3, 0.4) is 0 Å². The molecule has 1 aliphatic carbocycles. The number of rotatable bonds is 4. The van der Waals surface area contributed by atoms with Crippen LogP contribution < -0.4 is 10.6 Å². The summed E-state index contributed by atoms with van der Waals surface area (Å²) < 4.78 is 4.78. The van der Waals surface area contributed by atoms with Crippen molar-refractivity contribution < 1.29 is 9.53 Å². The van der Waals surface area contributed by atoms with Crippen molar-refractivity contribution in [2.24, 2.45) is 11.8 Å². The Labute approximate surface area is 114 Å². The topological polar surface area (TPSA) is 55.6 Å². The quantitative estimate of drug-likeness (QED) is 0.669. The lowest BCUT2D eigenvalue weighted by molar-refractivity contribution is 0.0602. The highest BCUT2D eigenvalue weighted by atomic mass is 16.5. The molecule has 1 saturated carbocycles. The van der Waals surface area contributed by atoms with E-state index in [0.29, 0.717) is 11.3 Å². The molecule has 2 rings (SSSR count). The number of nitrogens with zero attached hydrogens (tertiary/aromatic N) is 1. The second kappa shape index (κ2) is 5.11. The van der Waals surface area contributed by atoms with E-state index in [1.807, 2.05) is 19.1 Å². The van der Waals surface area contributed by atoms with E-state index in [1.165, 1.54) is 13.5 Å². The minimum Gasteiger partial charge on any atom is -0.465 e. The molecule has 1 aliphatic rings. The normalized spacial score (nSPS) is 21.1. The molecule has 0 radical (unpaired) electrons. The van der Waals surface area contributed by atoms with Crippen molar-refractivity contribution in [1.82, 2.24) is 0 Å². The third kappa shape index (κ3) is 2.83. The molecule has 0 spiro atoms. The number of anilines is 2. The van der Waals surface area contributed by atoms with Gasteiger partial charge in [-0.1, -0.05) is 6.92 Å². The Morgan fingerprint density at radius 1 is 1.53 bits per heavy atom. The zero-order chi connectivity index (χ0) is 14.2. The third-order valence-corrected chi connectivity index (χ3v) is 4.00. The number of aryl methyl sites for hydroxylation is 1. The van der Waals surface area contributed by atoms with Gasteiger partial charge in [0.05, 0.1) is 12.7 Å². The van der Waals surface area contributed by atoms with Crippen LogP contribution >= 0.6 is 0 Å². The van der Waals surface area contributed by atoms with Gasteiger partial charge in [-0.15, -0.1) is 0 Å². The van der Waals surface area contributed by atoms with Crippen LogP contribution in [-0.2, 0) is 4.74 Å². The largest absolute Gasteiger partial charge is 0.465 e. The summed E-state index contributed by atoms with van der Waals surface area (Å²) in [5, 5.41) is 0. The van der Waals surface area contributed by atoms with Crippen LogP contribution in [0.15, 0.2) is 12.1 Å². The van der Waals surface area contributed by atoms with Crippen LogP contribution in [0.25, 0.3) is 0 Å². The molecule has 19 heavy (non-hydrogen) atoms. The maximum absolute atomic E-state index is 11.7. The lowest BCUT2D eigenvalue weighted by Gasteiger charge is -2.21. The molecule has 1 aromatic carbocycles. The average molecular weight is 262 g/mol. The lowest BCUT2D eigenvalue weighted by Crippen LogP contribution is -2.21. The van der Waals surface area contributed by atoms with Crippen LogP contribution in [0.4, 0.5) is 11.4 Å². The summed E-state index contributed by atoms with van der Waals surface area (Å²) in [6.45, 7) is 5.20. The minimum atomic E-state index is -0.379. The monoisotopic (exact) mass is 262 g/mol. The van der Waals surface area contributed by atoms with Gasteiger partial charge in [0.15, 0.2) is 0 Å². The van der Waals surface area contributed by atoms with Gasteiger partial charge in [0, 0.05) is 25.0 Å². The Bertz CT molecular complexity index is 499. The fourth-order valence-electron chi connectivity index (χ4n) is 2.39. The number of nitrogen functional groups attached to an aromatic ring is 1. The van der Waals surface area contributed by atoms with Crippen molar-refractivity contribution in [3.05, 3.63) is 23.3 Å². The number of methoxy groups -OCH3 is 1. The first-order valence-corrected chi connectivity index (χ1v) is 6.63. The van der Waals surface area contributed by atoms with Crippen LogP contribution in [0.5, 0.6) is 0 Å². The van der Waals surface area contributed by atoms with Crippen LogP contribution in [0.2, 0.25) is 0 Å². The molecule has 2 N–H and O–H groups in total. The Kier molecular flexibility index (Phi) is 3.69. The first-order chi connectivity index (χ1) is 8.93. The third-order valence-electron chi connectivity index (χ3n) is 4.00. The number of ether oxygens (including phenoxy) is 1. The van der Waals surface area contributed by atoms with Gasteiger partial charge in [0.25, 0.3) is 0 Å². The molecular formula is C15H22N2O2. The van der Waals surface area contributed by atoms with Crippen molar-refractivity contribution >= 4 is 17.3 Å². The van der Waals surface area contributed by atoms with Crippen molar-refractivity contribution in [2.75, 3.05) is 31.3 Å². The highest BCUT2D eigenvalue weighted by Gasteiger charge is 2.33. The van der Waals surface area contributed by atoms with Crippen LogP contribution in [0, 0.1) is 18.8 Å². The van der Waals surface area contributed by atoms with Crippen molar-refractivity contribution in [3.63, 3.8) is 0 Å². The second-order valence-electron chi connectivity index (χ2n) is 5.57. The molecule has 0 aromatic heterocycles. The summed E-state index contributed by atoms with van der Waals surface area (Å²) in [5.41, 5.74) is 8.83. The van der Waals surface area contributed by atoms with Crippen LogP contribution in [0.1, 0.15) is 29.3 Å². The highest BCUT2D eigenvalue weighted by Crippen LogP contribution is 2.39. The molecular weight excluding hydrogens is 240 g/mol. The molecule has 104 valence electrons. The molecule has 0 bridgehead atoms. The fourth-order valence-corrected chi connectivity index (χ4v) is 2.39. The number of nitrogens with two attached hydrogens (primary N) is 1. The molecule has 2 atom stereocenters. The van der Waals surface area contributed by atoms with E-state index >= 15 is 0 Å². The average Bonchev–Trinajstić information content (AvgIpc) is 3.06. The van der Waals surface area contributed by atoms with Crippen molar-refractivity contribution in [3.8, 4) is 0 Å². The minimum absolute atomic E-state index is 0.379.